The van der Waals surface area contributed by atoms with E-state index in [1.165, 1.54) is 11.3 Å². The van der Waals surface area contributed by atoms with Gasteiger partial charge in [0, 0.05) is 7.05 Å². The number of ether oxygens (including phenoxy) is 1. The molecule has 0 fully saturated rings. The quantitative estimate of drug-likeness (QED) is 0.602. The number of hydrogen-bond donors (Lipinski definition) is 0. The molecule has 0 spiro atoms. The largest absolute Gasteiger partial charge is 0.489 e. The molecule has 0 amide bonds. The van der Waals surface area contributed by atoms with Gasteiger partial charge in [0.05, 0.1) is 11.7 Å². The fraction of sp³-hybridized carbons (Fsp3) is 0.455. The Labute approximate surface area is 79.1 Å². The molecule has 1 heterocycles. The molecule has 1 aliphatic rings. The Morgan fingerprint density at radius 1 is 1.46 bits per heavy atom. The molecule has 2 rings (SSSR count). The molecular formula is C11H15NO. The van der Waals surface area contributed by atoms with Crippen molar-refractivity contribution in [1.82, 2.24) is 0 Å². The van der Waals surface area contributed by atoms with Crippen LogP contribution >= 0.6 is 0 Å². The molecule has 1 aromatic carbocycles. The van der Waals surface area contributed by atoms with E-state index in [0.717, 1.165) is 12.4 Å². The van der Waals surface area contributed by atoms with E-state index in [2.05, 4.69) is 44.0 Å². The van der Waals surface area contributed by atoms with Crippen LogP contribution in [-0.2, 0) is 0 Å². The second-order valence-electron chi connectivity index (χ2n) is 3.74. The number of aryl methyl sites for hydroxylation is 1. The Morgan fingerprint density at radius 2 is 2.23 bits per heavy atom. The van der Waals surface area contributed by atoms with Crippen molar-refractivity contribution in [1.29, 1.82) is 0 Å². The lowest BCUT2D eigenvalue weighted by atomic mass is 10.1. The summed E-state index contributed by atoms with van der Waals surface area (Å²) in [5.41, 5.74) is 2.45. The average molecular weight is 177 g/mol. The first-order valence-electron chi connectivity index (χ1n) is 4.65. The van der Waals surface area contributed by atoms with Crippen LogP contribution in [0, 0.1) is 6.92 Å². The second kappa shape index (κ2) is 2.95. The molecule has 70 valence electrons. The van der Waals surface area contributed by atoms with Gasteiger partial charge in [0.2, 0.25) is 0 Å². The third-order valence-electron chi connectivity index (χ3n) is 2.64. The molecule has 2 heteroatoms. The Balaban J connectivity index is 2.44. The van der Waals surface area contributed by atoms with Gasteiger partial charge in [-0.25, -0.2) is 0 Å². The highest BCUT2D eigenvalue weighted by atomic mass is 16.5. The zero-order chi connectivity index (χ0) is 9.42. The topological polar surface area (TPSA) is 12.5 Å². The molecule has 1 unspecified atom stereocenters. The molecule has 1 aliphatic heterocycles. The number of likely N-dealkylation sites (N-methyl/N-ethyl adjacent to an activating group) is 1. The van der Waals surface area contributed by atoms with Crippen LogP contribution in [-0.4, -0.2) is 19.7 Å². The molecule has 0 aromatic heterocycles. The van der Waals surface area contributed by atoms with Crippen LogP contribution in [0.25, 0.3) is 0 Å². The van der Waals surface area contributed by atoms with Crippen molar-refractivity contribution in [2.24, 2.45) is 0 Å². The van der Waals surface area contributed by atoms with Crippen molar-refractivity contribution in [3.63, 3.8) is 0 Å². The summed E-state index contributed by atoms with van der Waals surface area (Å²) in [6.45, 7) is 5.04. The molecule has 1 aromatic rings. The van der Waals surface area contributed by atoms with Gasteiger partial charge >= 0.3 is 0 Å². The normalized spacial score (nSPS) is 20.8. The summed E-state index contributed by atoms with van der Waals surface area (Å²) >= 11 is 0. The van der Waals surface area contributed by atoms with Gasteiger partial charge in [0.1, 0.15) is 12.4 Å². The van der Waals surface area contributed by atoms with E-state index in [0.29, 0.717) is 6.04 Å². The van der Waals surface area contributed by atoms with Crippen LogP contribution in [0.15, 0.2) is 18.2 Å². The average Bonchev–Trinajstić information content (AvgIpc) is 2.12. The lowest BCUT2D eigenvalue weighted by Crippen LogP contribution is -2.37. The SMILES string of the molecule is Cc1ccc2c(c1)OCC(C)N2C. The van der Waals surface area contributed by atoms with Gasteiger partial charge in [-0.1, -0.05) is 6.07 Å². The molecular weight excluding hydrogens is 162 g/mol. The Morgan fingerprint density at radius 3 is 3.00 bits per heavy atom. The van der Waals surface area contributed by atoms with Crippen LogP contribution in [0.5, 0.6) is 5.75 Å². The fourth-order valence-corrected chi connectivity index (χ4v) is 1.59. The van der Waals surface area contributed by atoms with Crippen LogP contribution in [0.3, 0.4) is 0 Å². The van der Waals surface area contributed by atoms with Crippen LogP contribution in [0.2, 0.25) is 0 Å². The van der Waals surface area contributed by atoms with Crippen molar-refractivity contribution < 1.29 is 4.74 Å². The van der Waals surface area contributed by atoms with Crippen LogP contribution in [0.1, 0.15) is 12.5 Å². The number of anilines is 1. The van der Waals surface area contributed by atoms with Crippen molar-refractivity contribution in [2.45, 2.75) is 19.9 Å². The summed E-state index contributed by atoms with van der Waals surface area (Å²) < 4.78 is 5.65. The maximum atomic E-state index is 5.65. The van der Waals surface area contributed by atoms with E-state index >= 15 is 0 Å². The predicted molar refractivity (Wildman–Crippen MR) is 54.5 cm³/mol. The monoisotopic (exact) mass is 177 g/mol. The van der Waals surface area contributed by atoms with Crippen molar-refractivity contribution in [2.75, 3.05) is 18.6 Å². The molecule has 0 radical (unpaired) electrons. The van der Waals surface area contributed by atoms with Gasteiger partial charge in [-0.05, 0) is 31.5 Å². The summed E-state index contributed by atoms with van der Waals surface area (Å²) in [7, 11) is 2.11. The third-order valence-corrected chi connectivity index (χ3v) is 2.64. The Hall–Kier alpha value is -1.18. The number of benzene rings is 1. The van der Waals surface area contributed by atoms with E-state index in [4.69, 9.17) is 4.74 Å². The van der Waals surface area contributed by atoms with Crippen molar-refractivity contribution in [3.8, 4) is 5.75 Å². The number of rotatable bonds is 0. The van der Waals surface area contributed by atoms with E-state index < -0.39 is 0 Å². The molecule has 1 atom stereocenters. The van der Waals surface area contributed by atoms with Gasteiger partial charge in [-0.15, -0.1) is 0 Å². The lowest BCUT2D eigenvalue weighted by Gasteiger charge is -2.33. The smallest absolute Gasteiger partial charge is 0.142 e. The van der Waals surface area contributed by atoms with Crippen molar-refractivity contribution >= 4 is 5.69 Å². The van der Waals surface area contributed by atoms with Gasteiger partial charge in [-0.2, -0.15) is 0 Å². The summed E-state index contributed by atoms with van der Waals surface area (Å²) in [5, 5.41) is 0. The van der Waals surface area contributed by atoms with E-state index in [9.17, 15) is 0 Å². The first-order valence-corrected chi connectivity index (χ1v) is 4.65. The minimum absolute atomic E-state index is 0.468. The Kier molecular flexibility index (Phi) is 1.91. The molecule has 0 N–H and O–H groups in total. The fourth-order valence-electron chi connectivity index (χ4n) is 1.59. The molecule has 0 aliphatic carbocycles. The maximum Gasteiger partial charge on any atom is 0.142 e. The molecule has 2 nitrogen and oxygen atoms in total. The molecule has 13 heavy (non-hydrogen) atoms. The second-order valence-corrected chi connectivity index (χ2v) is 3.74. The highest BCUT2D eigenvalue weighted by Gasteiger charge is 2.20. The van der Waals surface area contributed by atoms with E-state index in [-0.39, 0.29) is 0 Å². The van der Waals surface area contributed by atoms with Crippen molar-refractivity contribution in [3.05, 3.63) is 23.8 Å². The van der Waals surface area contributed by atoms with Crippen LogP contribution < -0.4 is 9.64 Å². The number of nitrogens with zero attached hydrogens (tertiary/aromatic N) is 1. The lowest BCUT2D eigenvalue weighted by molar-refractivity contribution is 0.275. The van der Waals surface area contributed by atoms with Gasteiger partial charge in [0.25, 0.3) is 0 Å². The molecule has 0 bridgehead atoms. The van der Waals surface area contributed by atoms with E-state index in [1.54, 1.807) is 0 Å². The zero-order valence-electron chi connectivity index (χ0n) is 8.37. The number of fused-ring (bicyclic) bond motifs is 1. The standard InChI is InChI=1S/C11H15NO/c1-8-4-5-10-11(6-8)13-7-9(2)12(10)3/h4-6,9H,7H2,1-3H3. The minimum Gasteiger partial charge on any atom is -0.489 e. The van der Waals surface area contributed by atoms with Gasteiger partial charge in [-0.3, -0.25) is 0 Å². The first-order chi connectivity index (χ1) is 6.18. The highest BCUT2D eigenvalue weighted by Crippen LogP contribution is 2.33. The third kappa shape index (κ3) is 1.37. The molecule has 0 saturated heterocycles. The van der Waals surface area contributed by atoms with Crippen LogP contribution in [0.4, 0.5) is 5.69 Å². The summed E-state index contributed by atoms with van der Waals surface area (Å²) in [5.74, 6) is 1.01. The minimum atomic E-state index is 0.468. The first kappa shape index (κ1) is 8.42. The summed E-state index contributed by atoms with van der Waals surface area (Å²) in [6, 6.07) is 6.81. The van der Waals surface area contributed by atoms with E-state index in [1.807, 2.05) is 0 Å². The maximum absolute atomic E-state index is 5.65. The Bertz CT molecular complexity index is 322. The van der Waals surface area contributed by atoms with Gasteiger partial charge in [0.15, 0.2) is 0 Å². The predicted octanol–water partition coefficient (Wildman–Crippen LogP) is 2.21. The molecule has 0 saturated carbocycles. The highest BCUT2D eigenvalue weighted by molar-refractivity contribution is 5.61. The summed E-state index contributed by atoms with van der Waals surface area (Å²) in [6.07, 6.45) is 0. The summed E-state index contributed by atoms with van der Waals surface area (Å²) in [4.78, 5) is 2.26. The number of hydrogen-bond acceptors (Lipinski definition) is 2. The van der Waals surface area contributed by atoms with Gasteiger partial charge < -0.3 is 9.64 Å². The zero-order valence-corrected chi connectivity index (χ0v) is 8.37.